The molecule has 5 heteroatoms. The van der Waals surface area contributed by atoms with Crippen molar-refractivity contribution in [1.82, 2.24) is 0 Å². The molecule has 2 fully saturated rings. The molecule has 0 bridgehead atoms. The lowest BCUT2D eigenvalue weighted by Gasteiger charge is -2.45. The molecule has 0 aliphatic heterocycles. The molecule has 3 rings (SSSR count). The molecule has 30 heavy (non-hydrogen) atoms. The highest BCUT2D eigenvalue weighted by Crippen LogP contribution is 2.49. The van der Waals surface area contributed by atoms with Gasteiger partial charge in [-0.2, -0.15) is 5.26 Å². The molecule has 0 saturated heterocycles. The molecule has 1 aromatic rings. The van der Waals surface area contributed by atoms with Crippen LogP contribution in [0.5, 0.6) is 0 Å². The van der Waals surface area contributed by atoms with Crippen molar-refractivity contribution in [1.29, 1.82) is 5.26 Å². The molecule has 0 aromatic carbocycles. The fraction of sp³-hybridized carbons (Fsp3) is 0.680. The molecule has 1 heterocycles. The number of carbonyl (C=O) groups is 1. The van der Waals surface area contributed by atoms with E-state index in [0.29, 0.717) is 19.3 Å². The Kier molecular flexibility index (Phi) is 8.68. The van der Waals surface area contributed by atoms with Crippen molar-refractivity contribution in [3.05, 3.63) is 34.5 Å². The fourth-order valence-corrected chi connectivity index (χ4v) is 6.41. The van der Waals surface area contributed by atoms with E-state index in [2.05, 4.69) is 29.7 Å². The van der Waals surface area contributed by atoms with Gasteiger partial charge in [-0.05, 0) is 55.9 Å². The van der Waals surface area contributed by atoms with E-state index in [4.69, 9.17) is 0 Å². The molecule has 4 nitrogen and oxygen atoms in total. The van der Waals surface area contributed by atoms with Crippen LogP contribution in [-0.2, 0) is 10.2 Å². The Bertz CT molecular complexity index is 719. The second-order valence-electron chi connectivity index (χ2n) is 9.10. The molecule has 1 aromatic heterocycles. The van der Waals surface area contributed by atoms with Crippen molar-refractivity contribution in [3.63, 3.8) is 0 Å². The van der Waals surface area contributed by atoms with Crippen LogP contribution in [0.4, 0.5) is 0 Å². The summed E-state index contributed by atoms with van der Waals surface area (Å²) in [5.41, 5.74) is -0.0943. The Morgan fingerprint density at radius 3 is 2.73 bits per heavy atom. The van der Waals surface area contributed by atoms with Crippen molar-refractivity contribution in [2.24, 2.45) is 17.8 Å². The number of nitrogens with zero attached hydrogens (tertiary/aromatic N) is 1. The van der Waals surface area contributed by atoms with E-state index in [9.17, 15) is 20.3 Å². The number of aliphatic hydroxyl groups excluding tert-OH is 2. The number of hydrogen-bond acceptors (Lipinski definition) is 5. The summed E-state index contributed by atoms with van der Waals surface area (Å²) in [4.78, 5) is 11.7. The first-order chi connectivity index (χ1) is 14.6. The number of unbranched alkanes of at least 4 members (excludes halogenated alkanes) is 4. The van der Waals surface area contributed by atoms with Crippen molar-refractivity contribution >= 4 is 17.6 Å². The van der Waals surface area contributed by atoms with Crippen molar-refractivity contribution in [2.45, 2.75) is 88.3 Å². The number of aldehydes is 1. The number of carbonyl (C=O) groups excluding carboxylic acids is 1. The van der Waals surface area contributed by atoms with Crippen LogP contribution in [0.15, 0.2) is 29.7 Å². The van der Waals surface area contributed by atoms with Gasteiger partial charge in [0, 0.05) is 22.6 Å². The number of thiophene rings is 1. The predicted molar refractivity (Wildman–Crippen MR) is 120 cm³/mol. The molecule has 5 atom stereocenters. The zero-order valence-corrected chi connectivity index (χ0v) is 18.6. The molecule has 2 aliphatic carbocycles. The van der Waals surface area contributed by atoms with Crippen LogP contribution in [0.3, 0.4) is 0 Å². The van der Waals surface area contributed by atoms with Crippen LogP contribution in [0, 0.1) is 29.1 Å². The van der Waals surface area contributed by atoms with Crippen LogP contribution >= 0.6 is 11.3 Å². The highest BCUT2D eigenvalue weighted by Gasteiger charge is 2.45. The Labute approximate surface area is 184 Å². The third-order valence-corrected chi connectivity index (χ3v) is 8.43. The zero-order chi connectivity index (χ0) is 21.4. The molecule has 2 saturated carbocycles. The lowest BCUT2D eigenvalue weighted by Crippen LogP contribution is -2.44. The van der Waals surface area contributed by atoms with Crippen LogP contribution in [-0.4, -0.2) is 28.7 Å². The maximum Gasteiger partial charge on any atom is 0.119 e. The molecule has 0 radical (unpaired) electrons. The average molecular weight is 430 g/mol. The van der Waals surface area contributed by atoms with Gasteiger partial charge >= 0.3 is 0 Å². The van der Waals surface area contributed by atoms with E-state index in [1.54, 1.807) is 11.3 Å². The highest BCUT2D eigenvalue weighted by molar-refractivity contribution is 7.10. The molecule has 2 aliphatic rings. The molecular formula is C25H35NO3S. The second-order valence-corrected chi connectivity index (χ2v) is 10.1. The van der Waals surface area contributed by atoms with Gasteiger partial charge < -0.3 is 15.0 Å². The van der Waals surface area contributed by atoms with Crippen LogP contribution in [0.2, 0.25) is 0 Å². The summed E-state index contributed by atoms with van der Waals surface area (Å²) < 4.78 is 0. The van der Waals surface area contributed by atoms with Gasteiger partial charge in [0.1, 0.15) is 6.29 Å². The normalized spacial score (nSPS) is 28.8. The lowest BCUT2D eigenvalue weighted by atomic mass is 9.63. The number of aliphatic hydroxyl groups is 2. The maximum absolute atomic E-state index is 11.0. The molecule has 2 N–H and O–H groups in total. The van der Waals surface area contributed by atoms with Gasteiger partial charge in [0.05, 0.1) is 24.2 Å². The van der Waals surface area contributed by atoms with Crippen LogP contribution < -0.4 is 0 Å². The van der Waals surface area contributed by atoms with E-state index in [1.807, 2.05) is 6.08 Å². The zero-order valence-electron chi connectivity index (χ0n) is 17.8. The third-order valence-electron chi connectivity index (χ3n) is 7.34. The number of nitriles is 1. The van der Waals surface area contributed by atoms with E-state index in [0.717, 1.165) is 51.2 Å². The predicted octanol–water partition coefficient (Wildman–Crippen LogP) is 5.15. The largest absolute Gasteiger partial charge is 0.392 e. The van der Waals surface area contributed by atoms with Gasteiger partial charge in [-0.15, -0.1) is 11.3 Å². The molecule has 3 unspecified atom stereocenters. The minimum atomic E-state index is -0.474. The van der Waals surface area contributed by atoms with Crippen molar-refractivity contribution < 1.29 is 15.0 Å². The van der Waals surface area contributed by atoms with Gasteiger partial charge in [0.25, 0.3) is 0 Å². The topological polar surface area (TPSA) is 81.3 Å². The van der Waals surface area contributed by atoms with Gasteiger partial charge in [0.2, 0.25) is 0 Å². The van der Waals surface area contributed by atoms with E-state index in [1.165, 1.54) is 11.3 Å². The lowest BCUT2D eigenvalue weighted by molar-refractivity contribution is -0.107. The molecule has 164 valence electrons. The first-order valence-corrected chi connectivity index (χ1v) is 12.4. The first kappa shape index (κ1) is 23.2. The summed E-state index contributed by atoms with van der Waals surface area (Å²) in [5, 5.41) is 33.1. The minimum absolute atomic E-state index is 0.00379. The standard InChI is InChI=1S/C25H35NO3S/c26-18-19-17-22(28)21(20(19)9-4-2-1-3-5-15-27)10-6-11-23(29)25(13-8-14-25)24-12-7-16-30-24/h6-7,10,12,15-16,19-23,28-29H,1-5,8-9,11,13-14,17H2/b10-6+/t19?,20-,21?,22+,23?/m0/s1. The van der Waals surface area contributed by atoms with Gasteiger partial charge in [-0.25, -0.2) is 0 Å². The van der Waals surface area contributed by atoms with Gasteiger partial charge in [-0.3, -0.25) is 0 Å². The molecule has 0 amide bonds. The Morgan fingerprint density at radius 1 is 1.30 bits per heavy atom. The maximum atomic E-state index is 11.0. The minimum Gasteiger partial charge on any atom is -0.392 e. The van der Waals surface area contributed by atoms with E-state index >= 15 is 0 Å². The Hall–Kier alpha value is -1.48. The quantitative estimate of drug-likeness (QED) is 0.273. The second kappa shape index (κ2) is 11.2. The Balaban J connectivity index is 1.55. The SMILES string of the molecule is N#CC1C[C@@H](O)C(/C=C/CC(O)C2(c3cccs3)CCC2)[C@H]1CCCCCCC=O. The van der Waals surface area contributed by atoms with E-state index < -0.39 is 12.2 Å². The highest BCUT2D eigenvalue weighted by atomic mass is 32.1. The Morgan fingerprint density at radius 2 is 2.10 bits per heavy atom. The van der Waals surface area contributed by atoms with Crippen molar-refractivity contribution in [3.8, 4) is 6.07 Å². The average Bonchev–Trinajstić information content (AvgIpc) is 3.33. The number of rotatable bonds is 12. The van der Waals surface area contributed by atoms with E-state index in [-0.39, 0.29) is 23.2 Å². The first-order valence-electron chi connectivity index (χ1n) is 11.5. The van der Waals surface area contributed by atoms with Crippen LogP contribution in [0.25, 0.3) is 0 Å². The summed E-state index contributed by atoms with van der Waals surface area (Å²) in [7, 11) is 0. The van der Waals surface area contributed by atoms with Crippen LogP contribution in [0.1, 0.15) is 75.5 Å². The number of hydrogen-bond donors (Lipinski definition) is 2. The third kappa shape index (κ3) is 5.22. The fourth-order valence-electron chi connectivity index (χ4n) is 5.37. The molecular weight excluding hydrogens is 394 g/mol. The summed E-state index contributed by atoms with van der Waals surface area (Å²) >= 11 is 1.73. The smallest absolute Gasteiger partial charge is 0.119 e. The summed E-state index contributed by atoms with van der Waals surface area (Å²) in [6.07, 6.45) is 14.2. The van der Waals surface area contributed by atoms with Gasteiger partial charge in [0.15, 0.2) is 0 Å². The molecule has 0 spiro atoms. The summed E-state index contributed by atoms with van der Waals surface area (Å²) in [6.45, 7) is 0. The summed E-state index contributed by atoms with van der Waals surface area (Å²) in [5.74, 6) is 0.0777. The monoisotopic (exact) mass is 429 g/mol. The summed E-state index contributed by atoms with van der Waals surface area (Å²) in [6, 6.07) is 6.61. The van der Waals surface area contributed by atoms with Crippen molar-refractivity contribution in [2.75, 3.05) is 0 Å². The van der Waals surface area contributed by atoms with Gasteiger partial charge in [-0.1, -0.05) is 43.9 Å².